The molecule has 0 spiro atoms. The molecule has 106 valence electrons. The lowest BCUT2D eigenvalue weighted by molar-refractivity contribution is 0.127. The molecule has 3 unspecified atom stereocenters. The SMILES string of the molecule is CCC(C)N1CC(C2CCCCC2)NCCC1C. The van der Waals surface area contributed by atoms with Gasteiger partial charge in [-0.2, -0.15) is 0 Å². The van der Waals surface area contributed by atoms with Crippen molar-refractivity contribution in [1.29, 1.82) is 0 Å². The van der Waals surface area contributed by atoms with Crippen molar-refractivity contribution in [3.63, 3.8) is 0 Å². The van der Waals surface area contributed by atoms with Gasteiger partial charge in [0, 0.05) is 24.7 Å². The van der Waals surface area contributed by atoms with Crippen LogP contribution < -0.4 is 5.32 Å². The maximum absolute atomic E-state index is 3.85. The molecule has 1 N–H and O–H groups in total. The molecule has 0 bridgehead atoms. The van der Waals surface area contributed by atoms with Crippen molar-refractivity contribution < 1.29 is 0 Å². The van der Waals surface area contributed by atoms with Crippen molar-refractivity contribution in [2.75, 3.05) is 13.1 Å². The maximum Gasteiger partial charge on any atom is 0.0223 e. The fourth-order valence-electron chi connectivity index (χ4n) is 3.82. The largest absolute Gasteiger partial charge is 0.312 e. The first kappa shape index (κ1) is 14.3. The zero-order valence-electron chi connectivity index (χ0n) is 12.6. The minimum atomic E-state index is 0.742. The standard InChI is InChI=1S/C16H32N2/c1-4-13(2)18-12-16(17-11-10-14(18)3)15-8-6-5-7-9-15/h13-17H,4-12H2,1-3H3. The Hall–Kier alpha value is -0.0800. The van der Waals surface area contributed by atoms with E-state index in [9.17, 15) is 0 Å². The molecule has 2 aliphatic rings. The zero-order valence-corrected chi connectivity index (χ0v) is 12.6. The maximum atomic E-state index is 3.85. The van der Waals surface area contributed by atoms with Crippen molar-refractivity contribution in [2.24, 2.45) is 5.92 Å². The number of rotatable bonds is 3. The highest BCUT2D eigenvalue weighted by Crippen LogP contribution is 2.28. The summed E-state index contributed by atoms with van der Waals surface area (Å²) in [4.78, 5) is 2.76. The van der Waals surface area contributed by atoms with Gasteiger partial charge < -0.3 is 5.32 Å². The van der Waals surface area contributed by atoms with Crippen LogP contribution >= 0.6 is 0 Å². The molecule has 1 saturated carbocycles. The van der Waals surface area contributed by atoms with Gasteiger partial charge in [0.2, 0.25) is 0 Å². The fourth-order valence-corrected chi connectivity index (χ4v) is 3.82. The van der Waals surface area contributed by atoms with E-state index in [0.717, 1.165) is 24.0 Å². The average molecular weight is 252 g/mol. The van der Waals surface area contributed by atoms with E-state index in [-0.39, 0.29) is 0 Å². The Kier molecular flexibility index (Phi) is 5.50. The van der Waals surface area contributed by atoms with Gasteiger partial charge in [-0.25, -0.2) is 0 Å². The van der Waals surface area contributed by atoms with Crippen LogP contribution in [-0.4, -0.2) is 36.1 Å². The van der Waals surface area contributed by atoms with Crippen molar-refractivity contribution in [1.82, 2.24) is 10.2 Å². The minimum Gasteiger partial charge on any atom is -0.312 e. The summed E-state index contributed by atoms with van der Waals surface area (Å²) in [6.45, 7) is 9.64. The molecule has 18 heavy (non-hydrogen) atoms. The summed E-state index contributed by atoms with van der Waals surface area (Å²) in [6, 6.07) is 2.25. The van der Waals surface area contributed by atoms with E-state index in [0.29, 0.717) is 0 Å². The van der Waals surface area contributed by atoms with E-state index in [1.807, 2.05) is 0 Å². The van der Waals surface area contributed by atoms with Crippen molar-refractivity contribution in [2.45, 2.75) is 83.8 Å². The van der Waals surface area contributed by atoms with Crippen LogP contribution in [0.3, 0.4) is 0 Å². The lowest BCUT2D eigenvalue weighted by Gasteiger charge is -2.37. The second kappa shape index (κ2) is 6.91. The molecule has 1 saturated heterocycles. The molecule has 2 fully saturated rings. The van der Waals surface area contributed by atoms with Crippen LogP contribution in [0.5, 0.6) is 0 Å². The summed E-state index contributed by atoms with van der Waals surface area (Å²) in [5.41, 5.74) is 0. The lowest BCUT2D eigenvalue weighted by atomic mass is 9.83. The molecule has 0 aromatic heterocycles. The van der Waals surface area contributed by atoms with Gasteiger partial charge in [0.15, 0.2) is 0 Å². The van der Waals surface area contributed by atoms with E-state index in [1.165, 1.54) is 58.0 Å². The van der Waals surface area contributed by atoms with Crippen molar-refractivity contribution in [3.05, 3.63) is 0 Å². The number of nitrogens with zero attached hydrogens (tertiary/aromatic N) is 1. The van der Waals surface area contributed by atoms with Gasteiger partial charge in [-0.1, -0.05) is 26.2 Å². The quantitative estimate of drug-likeness (QED) is 0.828. The summed E-state index contributed by atoms with van der Waals surface area (Å²) >= 11 is 0. The van der Waals surface area contributed by atoms with Crippen LogP contribution in [0.4, 0.5) is 0 Å². The van der Waals surface area contributed by atoms with E-state index < -0.39 is 0 Å². The molecule has 2 heteroatoms. The van der Waals surface area contributed by atoms with Gasteiger partial charge in [-0.15, -0.1) is 0 Å². The Balaban J connectivity index is 1.98. The fraction of sp³-hybridized carbons (Fsp3) is 1.00. The highest BCUT2D eigenvalue weighted by atomic mass is 15.2. The van der Waals surface area contributed by atoms with E-state index in [4.69, 9.17) is 0 Å². The highest BCUT2D eigenvalue weighted by molar-refractivity contribution is 4.88. The second-order valence-corrected chi connectivity index (χ2v) is 6.55. The summed E-state index contributed by atoms with van der Waals surface area (Å²) in [5.74, 6) is 0.940. The van der Waals surface area contributed by atoms with Gasteiger partial charge in [-0.05, 0) is 52.0 Å². The Labute approximate surface area is 114 Å². The van der Waals surface area contributed by atoms with Crippen LogP contribution in [0.1, 0.15) is 65.7 Å². The van der Waals surface area contributed by atoms with Crippen molar-refractivity contribution in [3.8, 4) is 0 Å². The summed E-state index contributed by atoms with van der Waals surface area (Å²) in [5, 5.41) is 3.85. The molecular weight excluding hydrogens is 220 g/mol. The zero-order chi connectivity index (χ0) is 13.0. The van der Waals surface area contributed by atoms with Gasteiger partial charge >= 0.3 is 0 Å². The molecule has 0 aromatic rings. The van der Waals surface area contributed by atoms with Gasteiger partial charge in [0.1, 0.15) is 0 Å². The minimum absolute atomic E-state index is 0.742. The monoisotopic (exact) mass is 252 g/mol. The van der Waals surface area contributed by atoms with Crippen LogP contribution in [0.2, 0.25) is 0 Å². The predicted octanol–water partition coefficient (Wildman–Crippen LogP) is 3.42. The molecular formula is C16H32N2. The van der Waals surface area contributed by atoms with Crippen LogP contribution in [0.25, 0.3) is 0 Å². The molecule has 3 atom stereocenters. The smallest absolute Gasteiger partial charge is 0.0223 e. The van der Waals surface area contributed by atoms with Crippen LogP contribution in [-0.2, 0) is 0 Å². The Morgan fingerprint density at radius 3 is 2.56 bits per heavy atom. The third-order valence-electron chi connectivity index (χ3n) is 5.32. The first-order valence-corrected chi connectivity index (χ1v) is 8.21. The van der Waals surface area contributed by atoms with Gasteiger partial charge in [0.05, 0.1) is 0 Å². The molecule has 1 aliphatic heterocycles. The molecule has 0 amide bonds. The molecule has 2 rings (SSSR count). The van der Waals surface area contributed by atoms with E-state index in [1.54, 1.807) is 0 Å². The third-order valence-corrected chi connectivity index (χ3v) is 5.32. The first-order chi connectivity index (χ1) is 8.72. The number of hydrogen-bond acceptors (Lipinski definition) is 2. The topological polar surface area (TPSA) is 15.3 Å². The van der Waals surface area contributed by atoms with Crippen molar-refractivity contribution >= 4 is 0 Å². The molecule has 2 nitrogen and oxygen atoms in total. The first-order valence-electron chi connectivity index (χ1n) is 8.21. The van der Waals surface area contributed by atoms with Gasteiger partial charge in [-0.3, -0.25) is 4.90 Å². The summed E-state index contributed by atoms with van der Waals surface area (Å²) in [7, 11) is 0. The summed E-state index contributed by atoms with van der Waals surface area (Å²) in [6.07, 6.45) is 9.90. The van der Waals surface area contributed by atoms with E-state index in [2.05, 4.69) is 31.0 Å². The van der Waals surface area contributed by atoms with Crippen LogP contribution in [0, 0.1) is 5.92 Å². The Bertz CT molecular complexity index is 235. The average Bonchev–Trinajstić information content (AvgIpc) is 2.61. The van der Waals surface area contributed by atoms with E-state index >= 15 is 0 Å². The molecule has 1 heterocycles. The molecule has 1 aliphatic carbocycles. The normalized spacial score (nSPS) is 34.2. The third kappa shape index (κ3) is 3.48. The number of nitrogens with one attached hydrogen (secondary N) is 1. The summed E-state index contributed by atoms with van der Waals surface area (Å²) < 4.78 is 0. The second-order valence-electron chi connectivity index (χ2n) is 6.55. The number of hydrogen-bond donors (Lipinski definition) is 1. The Morgan fingerprint density at radius 2 is 1.89 bits per heavy atom. The molecule has 0 aromatic carbocycles. The van der Waals surface area contributed by atoms with Crippen LogP contribution in [0.15, 0.2) is 0 Å². The van der Waals surface area contributed by atoms with Gasteiger partial charge in [0.25, 0.3) is 0 Å². The predicted molar refractivity (Wildman–Crippen MR) is 78.9 cm³/mol. The highest BCUT2D eigenvalue weighted by Gasteiger charge is 2.30. The lowest BCUT2D eigenvalue weighted by Crippen LogP contribution is -2.47. The molecule has 0 radical (unpaired) electrons. The Morgan fingerprint density at radius 1 is 1.17 bits per heavy atom.